The minimum Gasteiger partial charge on any atom is -0.431 e. The smallest absolute Gasteiger partial charge is 0.387 e. The van der Waals surface area contributed by atoms with Crippen LogP contribution in [0.25, 0.3) is 11.2 Å². The van der Waals surface area contributed by atoms with Crippen LogP contribution in [-0.4, -0.2) is 31.9 Å². The Morgan fingerprint density at radius 2 is 2.21 bits per heavy atom. The van der Waals surface area contributed by atoms with Crippen molar-refractivity contribution in [2.45, 2.75) is 32.6 Å². The zero-order chi connectivity index (χ0) is 14.2. The third kappa shape index (κ3) is 3.30. The van der Waals surface area contributed by atoms with Gasteiger partial charge in [0.1, 0.15) is 5.52 Å². The summed E-state index contributed by atoms with van der Waals surface area (Å²) in [7, 11) is 0. The molecule has 0 amide bonds. The zero-order valence-corrected chi connectivity index (χ0v) is 11.0. The van der Waals surface area contributed by atoms with Crippen LogP contribution in [0.2, 0.25) is 5.15 Å². The molecular weight excluding hydrogens is 280 g/mol. The average molecular weight is 292 g/mol. The standard InChI is InChI=1S/C11H12ClF2N3O2/c1-11(2,18)4-17-5-15-6-3-7(19-10(13)14)8(12)16-9(6)17/h3,5,10,18H,4H2,1-2H3. The molecule has 0 saturated heterocycles. The van der Waals surface area contributed by atoms with Gasteiger partial charge in [0, 0.05) is 6.07 Å². The van der Waals surface area contributed by atoms with E-state index in [0.717, 1.165) is 0 Å². The number of rotatable bonds is 4. The van der Waals surface area contributed by atoms with Gasteiger partial charge in [0.15, 0.2) is 16.5 Å². The van der Waals surface area contributed by atoms with Crippen LogP contribution in [0.1, 0.15) is 13.8 Å². The number of hydrogen-bond acceptors (Lipinski definition) is 4. The molecule has 2 rings (SSSR count). The molecule has 8 heteroatoms. The van der Waals surface area contributed by atoms with Crippen LogP contribution in [0.4, 0.5) is 8.78 Å². The van der Waals surface area contributed by atoms with Crippen LogP contribution in [-0.2, 0) is 6.54 Å². The highest BCUT2D eigenvalue weighted by Gasteiger charge is 2.18. The van der Waals surface area contributed by atoms with E-state index in [1.165, 1.54) is 12.4 Å². The Morgan fingerprint density at radius 3 is 2.79 bits per heavy atom. The lowest BCUT2D eigenvalue weighted by molar-refractivity contribution is -0.0499. The highest BCUT2D eigenvalue weighted by molar-refractivity contribution is 6.31. The number of nitrogens with zero attached hydrogens (tertiary/aromatic N) is 3. The number of aliphatic hydroxyl groups is 1. The molecule has 0 aliphatic heterocycles. The maximum absolute atomic E-state index is 12.2. The molecule has 0 spiro atoms. The SMILES string of the molecule is CC(C)(O)Cn1cnc2cc(OC(F)F)c(Cl)nc21. The molecule has 0 fully saturated rings. The molecule has 2 aromatic heterocycles. The van der Waals surface area contributed by atoms with Crippen LogP contribution in [0, 0.1) is 0 Å². The second-order valence-corrected chi connectivity index (χ2v) is 5.04. The van der Waals surface area contributed by atoms with Crippen molar-refractivity contribution < 1.29 is 18.6 Å². The monoisotopic (exact) mass is 291 g/mol. The topological polar surface area (TPSA) is 60.2 Å². The predicted octanol–water partition coefficient (Wildman–Crippen LogP) is 2.46. The largest absolute Gasteiger partial charge is 0.431 e. The van der Waals surface area contributed by atoms with Crippen molar-refractivity contribution in [2.24, 2.45) is 0 Å². The molecule has 19 heavy (non-hydrogen) atoms. The minimum absolute atomic E-state index is 0.176. The molecule has 5 nitrogen and oxygen atoms in total. The summed E-state index contributed by atoms with van der Waals surface area (Å²) in [6.07, 6.45) is 1.46. The number of hydrogen-bond donors (Lipinski definition) is 1. The Hall–Kier alpha value is -1.47. The van der Waals surface area contributed by atoms with Gasteiger partial charge in [-0.3, -0.25) is 0 Å². The van der Waals surface area contributed by atoms with Gasteiger partial charge in [0.2, 0.25) is 0 Å². The Labute approximate surface area is 112 Å². The molecule has 2 aromatic rings. The van der Waals surface area contributed by atoms with Crippen LogP contribution >= 0.6 is 11.6 Å². The fourth-order valence-electron chi connectivity index (χ4n) is 1.66. The van der Waals surface area contributed by atoms with E-state index in [9.17, 15) is 13.9 Å². The summed E-state index contributed by atoms with van der Waals surface area (Å²) >= 11 is 5.77. The highest BCUT2D eigenvalue weighted by Crippen LogP contribution is 2.28. The van der Waals surface area contributed by atoms with Crippen molar-refractivity contribution >= 4 is 22.8 Å². The van der Waals surface area contributed by atoms with Crippen LogP contribution < -0.4 is 4.74 Å². The molecule has 0 bridgehead atoms. The summed E-state index contributed by atoms with van der Waals surface area (Å²) in [4.78, 5) is 7.99. The Bertz CT molecular complexity index is 595. The van der Waals surface area contributed by atoms with Crippen molar-refractivity contribution in [3.8, 4) is 5.75 Å². The third-order valence-electron chi connectivity index (χ3n) is 2.29. The molecule has 0 atom stereocenters. The van der Waals surface area contributed by atoms with Gasteiger partial charge >= 0.3 is 6.61 Å². The molecule has 104 valence electrons. The summed E-state index contributed by atoms with van der Waals surface area (Å²) in [5.41, 5.74) is -0.196. The van der Waals surface area contributed by atoms with E-state index in [0.29, 0.717) is 11.2 Å². The minimum atomic E-state index is -2.98. The van der Waals surface area contributed by atoms with Gasteiger partial charge < -0.3 is 14.4 Å². The summed E-state index contributed by atoms with van der Waals surface area (Å²) in [6.45, 7) is 0.543. The van der Waals surface area contributed by atoms with Crippen molar-refractivity contribution in [1.82, 2.24) is 14.5 Å². The number of alkyl halides is 2. The van der Waals surface area contributed by atoms with Crippen LogP contribution in [0.3, 0.4) is 0 Å². The fraction of sp³-hybridized carbons (Fsp3) is 0.455. The maximum atomic E-state index is 12.2. The van der Waals surface area contributed by atoms with Crippen LogP contribution in [0.15, 0.2) is 12.4 Å². The Kier molecular flexibility index (Phi) is 3.60. The molecule has 0 aromatic carbocycles. The third-order valence-corrected chi connectivity index (χ3v) is 2.56. The molecule has 0 aliphatic carbocycles. The average Bonchev–Trinajstić information content (AvgIpc) is 2.59. The number of imidazole rings is 1. The van der Waals surface area contributed by atoms with Crippen molar-refractivity contribution in [3.63, 3.8) is 0 Å². The predicted molar refractivity (Wildman–Crippen MR) is 65.5 cm³/mol. The first-order valence-electron chi connectivity index (χ1n) is 5.45. The second kappa shape index (κ2) is 4.90. The lowest BCUT2D eigenvalue weighted by Crippen LogP contribution is -2.25. The van der Waals surface area contributed by atoms with Gasteiger partial charge in [-0.1, -0.05) is 11.6 Å². The van der Waals surface area contributed by atoms with Gasteiger partial charge in [-0.15, -0.1) is 0 Å². The molecule has 0 aliphatic rings. The van der Waals surface area contributed by atoms with Gasteiger partial charge in [-0.05, 0) is 13.8 Å². The fourth-order valence-corrected chi connectivity index (χ4v) is 1.84. The Balaban J connectivity index is 2.42. The second-order valence-electron chi connectivity index (χ2n) is 4.68. The summed E-state index contributed by atoms with van der Waals surface area (Å²) in [6, 6.07) is 1.29. The van der Waals surface area contributed by atoms with Gasteiger partial charge in [0.05, 0.1) is 18.5 Å². The first kappa shape index (κ1) is 14.0. The summed E-state index contributed by atoms with van der Waals surface area (Å²) in [5.74, 6) is -0.224. The quantitative estimate of drug-likeness (QED) is 0.879. The zero-order valence-electron chi connectivity index (χ0n) is 10.3. The van der Waals surface area contributed by atoms with Crippen molar-refractivity contribution in [3.05, 3.63) is 17.5 Å². The molecule has 0 saturated carbocycles. The van der Waals surface area contributed by atoms with E-state index in [1.807, 2.05) is 0 Å². The van der Waals surface area contributed by atoms with E-state index >= 15 is 0 Å². The summed E-state index contributed by atoms with van der Waals surface area (Å²) < 4.78 is 30.1. The number of fused-ring (bicyclic) bond motifs is 1. The first-order valence-corrected chi connectivity index (χ1v) is 5.82. The van der Waals surface area contributed by atoms with E-state index in [1.54, 1.807) is 18.4 Å². The number of pyridine rings is 1. The van der Waals surface area contributed by atoms with Gasteiger partial charge in [-0.25, -0.2) is 9.97 Å². The van der Waals surface area contributed by atoms with E-state index in [4.69, 9.17) is 11.6 Å². The molecular formula is C11H12ClF2N3O2. The Morgan fingerprint density at radius 1 is 1.53 bits per heavy atom. The van der Waals surface area contributed by atoms with Crippen LogP contribution in [0.5, 0.6) is 5.75 Å². The van der Waals surface area contributed by atoms with Crippen molar-refractivity contribution in [2.75, 3.05) is 0 Å². The van der Waals surface area contributed by atoms with Crippen molar-refractivity contribution in [1.29, 1.82) is 0 Å². The molecule has 0 unspecified atom stereocenters. The van der Waals surface area contributed by atoms with Gasteiger partial charge in [0.25, 0.3) is 0 Å². The highest BCUT2D eigenvalue weighted by atomic mass is 35.5. The van der Waals surface area contributed by atoms with E-state index < -0.39 is 12.2 Å². The first-order chi connectivity index (χ1) is 8.76. The molecule has 2 heterocycles. The summed E-state index contributed by atoms with van der Waals surface area (Å²) in [5, 5.41) is 9.58. The maximum Gasteiger partial charge on any atom is 0.387 e. The normalized spacial score (nSPS) is 12.4. The molecule has 0 radical (unpaired) electrons. The van der Waals surface area contributed by atoms with E-state index in [2.05, 4.69) is 14.7 Å². The number of aromatic nitrogens is 3. The number of halogens is 3. The van der Waals surface area contributed by atoms with Gasteiger partial charge in [-0.2, -0.15) is 8.78 Å². The molecule has 1 N–H and O–H groups in total. The van der Waals surface area contributed by atoms with E-state index in [-0.39, 0.29) is 17.4 Å². The lowest BCUT2D eigenvalue weighted by Gasteiger charge is -2.17. The number of ether oxygens (including phenoxy) is 1. The lowest BCUT2D eigenvalue weighted by atomic mass is 10.1.